The maximum Gasteiger partial charge on any atom is 0.245 e. The zero-order valence-electron chi connectivity index (χ0n) is 22.6. The van der Waals surface area contributed by atoms with Crippen LogP contribution in [0, 0.1) is 11.8 Å². The molecule has 3 amide bonds. The molecule has 0 aliphatic carbocycles. The predicted octanol–water partition coefficient (Wildman–Crippen LogP) is 4.48. The largest absolute Gasteiger partial charge is 0.350 e. The number of ether oxygens (including phenoxy) is 1. The van der Waals surface area contributed by atoms with Crippen molar-refractivity contribution in [2.24, 2.45) is 11.8 Å². The summed E-state index contributed by atoms with van der Waals surface area (Å²) >= 11 is 0. The summed E-state index contributed by atoms with van der Waals surface area (Å²) in [5, 5.41) is 3.02. The van der Waals surface area contributed by atoms with E-state index in [0.29, 0.717) is 26.1 Å². The highest BCUT2D eigenvalue weighted by atomic mass is 16.8. The summed E-state index contributed by atoms with van der Waals surface area (Å²) in [6, 6.07) is 9.33. The number of amides is 3. The Morgan fingerprint density at radius 3 is 2.43 bits per heavy atom. The van der Waals surface area contributed by atoms with Gasteiger partial charge in [-0.25, -0.2) is 10.3 Å². The summed E-state index contributed by atoms with van der Waals surface area (Å²) in [6.07, 6.45) is 9.03. The molecule has 8 nitrogen and oxygen atoms in total. The van der Waals surface area contributed by atoms with Crippen LogP contribution in [0.4, 0.5) is 0 Å². The van der Waals surface area contributed by atoms with Gasteiger partial charge in [0.15, 0.2) is 6.29 Å². The fourth-order valence-corrected chi connectivity index (χ4v) is 4.98. The topological polar surface area (TPSA) is 97.0 Å². The van der Waals surface area contributed by atoms with Gasteiger partial charge >= 0.3 is 0 Å². The van der Waals surface area contributed by atoms with Crippen LogP contribution in [0.5, 0.6) is 0 Å². The van der Waals surface area contributed by atoms with E-state index in [2.05, 4.69) is 10.8 Å². The van der Waals surface area contributed by atoms with Crippen molar-refractivity contribution in [2.45, 2.75) is 103 Å². The van der Waals surface area contributed by atoms with Crippen LogP contribution < -0.4 is 10.8 Å². The van der Waals surface area contributed by atoms with E-state index in [1.54, 1.807) is 0 Å². The minimum Gasteiger partial charge on any atom is -0.350 e. The highest BCUT2D eigenvalue weighted by Crippen LogP contribution is 2.20. The van der Waals surface area contributed by atoms with Gasteiger partial charge in [-0.15, -0.1) is 0 Å². The third kappa shape index (κ3) is 10.1. The Morgan fingerprint density at radius 2 is 1.73 bits per heavy atom. The minimum absolute atomic E-state index is 0.0191. The Morgan fingerprint density at radius 1 is 1.03 bits per heavy atom. The lowest BCUT2D eigenvalue weighted by Crippen LogP contribution is -2.52. The predicted molar refractivity (Wildman–Crippen MR) is 142 cm³/mol. The molecule has 0 spiro atoms. The summed E-state index contributed by atoms with van der Waals surface area (Å²) in [5.74, 6) is -1.24. The van der Waals surface area contributed by atoms with Crippen LogP contribution in [-0.4, -0.2) is 48.1 Å². The summed E-state index contributed by atoms with van der Waals surface area (Å²) in [5.41, 5.74) is 3.55. The van der Waals surface area contributed by atoms with E-state index in [4.69, 9.17) is 9.57 Å². The minimum atomic E-state index is -0.642. The van der Waals surface area contributed by atoms with Gasteiger partial charge in [0.05, 0.1) is 0 Å². The smallest absolute Gasteiger partial charge is 0.245 e. The van der Waals surface area contributed by atoms with Crippen LogP contribution in [0.15, 0.2) is 30.3 Å². The molecule has 2 heterocycles. The SMILES string of the molecule is CC(C)[C@@H]1NC(=O)[C@@H](CC(=O)NOC2CCCCO2)CCCCCCCCN(Cc2ccccc2)C1=O. The molecule has 0 bridgehead atoms. The van der Waals surface area contributed by atoms with Gasteiger partial charge < -0.3 is 15.0 Å². The first-order valence-corrected chi connectivity index (χ1v) is 14.1. The van der Waals surface area contributed by atoms with Crippen LogP contribution in [-0.2, 0) is 30.5 Å². The second-order valence-corrected chi connectivity index (χ2v) is 10.7. The maximum absolute atomic E-state index is 13.7. The van der Waals surface area contributed by atoms with E-state index >= 15 is 0 Å². The third-order valence-corrected chi connectivity index (χ3v) is 7.23. The fourth-order valence-electron chi connectivity index (χ4n) is 4.98. The number of hydroxylamine groups is 1. The van der Waals surface area contributed by atoms with Gasteiger partial charge in [0.1, 0.15) is 6.04 Å². The normalized spacial score (nSPS) is 24.8. The first-order chi connectivity index (χ1) is 17.9. The van der Waals surface area contributed by atoms with Crippen molar-refractivity contribution in [3.63, 3.8) is 0 Å². The van der Waals surface area contributed by atoms with E-state index in [1.165, 1.54) is 0 Å². The summed E-state index contributed by atoms with van der Waals surface area (Å²) in [6.45, 7) is 5.71. The molecule has 3 rings (SSSR count). The highest BCUT2D eigenvalue weighted by molar-refractivity contribution is 5.90. The van der Waals surface area contributed by atoms with Gasteiger partial charge in [-0.2, -0.15) is 0 Å². The van der Waals surface area contributed by atoms with Crippen molar-refractivity contribution in [1.29, 1.82) is 0 Å². The Hall–Kier alpha value is -2.45. The lowest BCUT2D eigenvalue weighted by atomic mass is 9.94. The molecule has 0 saturated carbocycles. The molecule has 1 aromatic carbocycles. The molecular weight excluding hydrogens is 470 g/mol. The number of hydrogen-bond acceptors (Lipinski definition) is 5. The van der Waals surface area contributed by atoms with Crippen LogP contribution in [0.25, 0.3) is 0 Å². The lowest BCUT2D eigenvalue weighted by Gasteiger charge is -2.31. The van der Waals surface area contributed by atoms with E-state index in [1.807, 2.05) is 49.1 Å². The van der Waals surface area contributed by atoms with Crippen molar-refractivity contribution in [2.75, 3.05) is 13.2 Å². The molecule has 2 fully saturated rings. The van der Waals surface area contributed by atoms with Gasteiger partial charge in [0.2, 0.25) is 17.7 Å². The molecule has 2 saturated heterocycles. The summed E-state index contributed by atoms with van der Waals surface area (Å²) < 4.78 is 5.50. The second kappa shape index (κ2) is 15.7. The Bertz CT molecular complexity index is 841. The highest BCUT2D eigenvalue weighted by Gasteiger charge is 2.32. The van der Waals surface area contributed by atoms with Gasteiger partial charge in [0, 0.05) is 38.5 Å². The zero-order chi connectivity index (χ0) is 26.5. The Balaban J connectivity index is 1.68. The molecule has 3 atom stereocenters. The monoisotopic (exact) mass is 515 g/mol. The lowest BCUT2D eigenvalue weighted by molar-refractivity contribution is -0.200. The van der Waals surface area contributed by atoms with Crippen molar-refractivity contribution in [1.82, 2.24) is 15.7 Å². The quantitative estimate of drug-likeness (QED) is 0.522. The number of rotatable bonds is 7. The van der Waals surface area contributed by atoms with Gasteiger partial charge in [-0.3, -0.25) is 14.4 Å². The van der Waals surface area contributed by atoms with Crippen LogP contribution in [0.1, 0.15) is 90.0 Å². The third-order valence-electron chi connectivity index (χ3n) is 7.23. The molecule has 0 aromatic heterocycles. The molecule has 1 aromatic rings. The van der Waals surface area contributed by atoms with Gasteiger partial charge in [-0.05, 0) is 37.2 Å². The van der Waals surface area contributed by atoms with Crippen molar-refractivity contribution < 1.29 is 24.0 Å². The first-order valence-electron chi connectivity index (χ1n) is 14.1. The van der Waals surface area contributed by atoms with Crippen LogP contribution in [0.3, 0.4) is 0 Å². The van der Waals surface area contributed by atoms with E-state index in [9.17, 15) is 14.4 Å². The van der Waals surface area contributed by atoms with Crippen molar-refractivity contribution in [3.8, 4) is 0 Å². The van der Waals surface area contributed by atoms with Gasteiger partial charge in [0.25, 0.3) is 0 Å². The zero-order valence-corrected chi connectivity index (χ0v) is 22.6. The number of nitrogens with zero attached hydrogens (tertiary/aromatic N) is 1. The molecule has 2 aliphatic rings. The second-order valence-electron chi connectivity index (χ2n) is 10.7. The molecule has 8 heteroatoms. The van der Waals surface area contributed by atoms with Crippen LogP contribution in [0.2, 0.25) is 0 Å². The van der Waals surface area contributed by atoms with E-state index < -0.39 is 18.2 Å². The number of nitrogens with one attached hydrogen (secondary N) is 2. The average Bonchev–Trinajstić information content (AvgIpc) is 2.90. The maximum atomic E-state index is 13.7. The van der Waals surface area contributed by atoms with E-state index in [-0.39, 0.29) is 30.1 Å². The molecule has 2 aliphatic heterocycles. The fraction of sp³-hybridized carbons (Fsp3) is 0.690. The molecule has 0 radical (unpaired) electrons. The first kappa shape index (κ1) is 29.1. The molecule has 2 N–H and O–H groups in total. The van der Waals surface area contributed by atoms with Crippen molar-refractivity contribution in [3.05, 3.63) is 35.9 Å². The molecule has 37 heavy (non-hydrogen) atoms. The Labute approximate surface area is 221 Å². The Kier molecular flexibility index (Phi) is 12.4. The van der Waals surface area contributed by atoms with Crippen LogP contribution >= 0.6 is 0 Å². The molecule has 1 unspecified atom stereocenters. The standard InChI is InChI=1S/C29H45N3O5/c1-22(2)27-29(35)32(21-23-14-8-7-9-15-23)18-12-6-4-3-5-10-16-24(28(34)30-27)20-25(33)31-37-26-17-11-13-19-36-26/h7-9,14-15,22,24,26-27H,3-6,10-13,16-21H2,1-2H3,(H,30,34)(H,31,33)/t24-,26?,27+/m1/s1. The number of carbonyl (C=O) groups excluding carboxylic acids is 3. The molecular formula is C29H45N3O5. The number of benzene rings is 1. The summed E-state index contributed by atoms with van der Waals surface area (Å²) in [4.78, 5) is 47.1. The summed E-state index contributed by atoms with van der Waals surface area (Å²) in [7, 11) is 0. The average molecular weight is 516 g/mol. The molecule has 206 valence electrons. The number of carbonyl (C=O) groups is 3. The van der Waals surface area contributed by atoms with Gasteiger partial charge in [-0.1, -0.05) is 76.3 Å². The van der Waals surface area contributed by atoms with E-state index in [0.717, 1.165) is 63.4 Å². The number of hydrogen-bond donors (Lipinski definition) is 2. The van der Waals surface area contributed by atoms with Crippen molar-refractivity contribution >= 4 is 17.7 Å².